The first kappa shape index (κ1) is 12.5. The second-order valence-electron chi connectivity index (χ2n) is 4.27. The minimum Gasteiger partial charge on any atom is -0.334 e. The maximum atomic E-state index is 5.89. The molecule has 0 saturated carbocycles. The highest BCUT2D eigenvalue weighted by Crippen LogP contribution is 2.30. The lowest BCUT2D eigenvalue weighted by Gasteiger charge is -2.11. The van der Waals surface area contributed by atoms with Gasteiger partial charge in [-0.25, -0.2) is 0 Å². The fourth-order valence-corrected chi connectivity index (χ4v) is 2.11. The van der Waals surface area contributed by atoms with Crippen LogP contribution in [0.3, 0.4) is 0 Å². The summed E-state index contributed by atoms with van der Waals surface area (Å²) in [5.41, 5.74) is 6.06. The first-order chi connectivity index (χ1) is 7.88. The number of nitrogens with zero attached hydrogens (tertiary/aromatic N) is 2. The second kappa shape index (κ2) is 4.40. The van der Waals surface area contributed by atoms with Crippen molar-refractivity contribution in [2.45, 2.75) is 19.4 Å². The molecule has 0 bridgehead atoms. The van der Waals surface area contributed by atoms with Crippen LogP contribution in [-0.2, 0) is 5.54 Å². The van der Waals surface area contributed by atoms with Crippen LogP contribution in [0.4, 0.5) is 0 Å². The quantitative estimate of drug-likeness (QED) is 0.923. The summed E-state index contributed by atoms with van der Waals surface area (Å²) in [6.45, 7) is 3.64. The number of nitrogens with two attached hydrogens (primary N) is 1. The van der Waals surface area contributed by atoms with Crippen LogP contribution in [0.1, 0.15) is 19.7 Å². The van der Waals surface area contributed by atoms with Gasteiger partial charge in [-0.3, -0.25) is 0 Å². The molecule has 0 aliphatic carbocycles. The first-order valence-corrected chi connectivity index (χ1v) is 6.13. The molecule has 2 N–H and O–H groups in total. The Kier molecular flexibility index (Phi) is 3.25. The van der Waals surface area contributed by atoms with Crippen molar-refractivity contribution in [2.24, 2.45) is 5.73 Å². The van der Waals surface area contributed by atoms with Gasteiger partial charge in [-0.2, -0.15) is 4.98 Å². The highest BCUT2D eigenvalue weighted by atomic mass is 79.9. The van der Waals surface area contributed by atoms with E-state index >= 15 is 0 Å². The molecule has 1 aromatic heterocycles. The maximum absolute atomic E-state index is 5.89. The molecule has 2 rings (SSSR count). The topological polar surface area (TPSA) is 64.9 Å². The van der Waals surface area contributed by atoms with Gasteiger partial charge in [0.25, 0.3) is 5.89 Å². The van der Waals surface area contributed by atoms with E-state index in [0.717, 1.165) is 10.0 Å². The van der Waals surface area contributed by atoms with Crippen molar-refractivity contribution in [1.82, 2.24) is 10.1 Å². The Morgan fingerprint density at radius 1 is 1.41 bits per heavy atom. The van der Waals surface area contributed by atoms with Gasteiger partial charge in [0.1, 0.15) is 0 Å². The number of aromatic nitrogens is 2. The molecule has 0 unspecified atom stereocenters. The maximum Gasteiger partial charge on any atom is 0.259 e. The van der Waals surface area contributed by atoms with Gasteiger partial charge in [0.05, 0.1) is 11.1 Å². The van der Waals surface area contributed by atoms with Crippen LogP contribution >= 0.6 is 27.5 Å². The van der Waals surface area contributed by atoms with Gasteiger partial charge < -0.3 is 10.3 Å². The lowest BCUT2D eigenvalue weighted by molar-refractivity contribution is 0.397. The molecule has 0 spiro atoms. The summed E-state index contributed by atoms with van der Waals surface area (Å²) >= 11 is 9.27. The Morgan fingerprint density at radius 2 is 2.12 bits per heavy atom. The van der Waals surface area contributed by atoms with Gasteiger partial charge in [0.2, 0.25) is 0 Å². The minimum absolute atomic E-state index is 0.419. The van der Waals surface area contributed by atoms with Crippen LogP contribution < -0.4 is 5.73 Å². The van der Waals surface area contributed by atoms with Crippen molar-refractivity contribution in [3.8, 4) is 11.5 Å². The number of rotatable bonds is 2. The molecule has 6 heteroatoms. The molecule has 90 valence electrons. The molecule has 2 aromatic rings. The molecule has 0 atom stereocenters. The summed E-state index contributed by atoms with van der Waals surface area (Å²) in [6.07, 6.45) is 0. The van der Waals surface area contributed by atoms with Crippen LogP contribution in [0.15, 0.2) is 27.2 Å². The largest absolute Gasteiger partial charge is 0.334 e. The summed E-state index contributed by atoms with van der Waals surface area (Å²) in [7, 11) is 0. The zero-order chi connectivity index (χ0) is 12.6. The van der Waals surface area contributed by atoms with Gasteiger partial charge in [-0.15, -0.1) is 0 Å². The Bertz CT molecular complexity index is 548. The van der Waals surface area contributed by atoms with E-state index in [1.807, 2.05) is 19.9 Å². The minimum atomic E-state index is -0.624. The van der Waals surface area contributed by atoms with E-state index in [-0.39, 0.29) is 0 Å². The van der Waals surface area contributed by atoms with Gasteiger partial charge >= 0.3 is 0 Å². The van der Waals surface area contributed by atoms with E-state index in [1.54, 1.807) is 12.1 Å². The van der Waals surface area contributed by atoms with E-state index in [4.69, 9.17) is 21.9 Å². The Balaban J connectivity index is 2.44. The molecule has 0 aliphatic rings. The standard InChI is InChI=1S/C11H11BrClN3O/c1-11(2,14)10-15-9(17-16-10)7-4-3-6(13)5-8(7)12/h3-5H,14H2,1-2H3. The molecular weight excluding hydrogens is 305 g/mol. The van der Waals surface area contributed by atoms with Gasteiger partial charge in [0, 0.05) is 9.50 Å². The third kappa shape index (κ3) is 2.68. The summed E-state index contributed by atoms with van der Waals surface area (Å²) in [4.78, 5) is 4.27. The van der Waals surface area contributed by atoms with Crippen LogP contribution in [0.2, 0.25) is 5.02 Å². The zero-order valence-corrected chi connectivity index (χ0v) is 11.7. The lowest BCUT2D eigenvalue weighted by Crippen LogP contribution is -2.30. The second-order valence-corrected chi connectivity index (χ2v) is 5.56. The van der Waals surface area contributed by atoms with Crippen LogP contribution in [-0.4, -0.2) is 10.1 Å². The van der Waals surface area contributed by atoms with Crippen molar-refractivity contribution in [3.05, 3.63) is 33.5 Å². The van der Waals surface area contributed by atoms with Crippen LogP contribution in [0.5, 0.6) is 0 Å². The molecule has 1 heterocycles. The lowest BCUT2D eigenvalue weighted by atomic mass is 10.1. The first-order valence-electron chi connectivity index (χ1n) is 4.96. The van der Waals surface area contributed by atoms with E-state index in [9.17, 15) is 0 Å². The molecule has 1 aromatic carbocycles. The van der Waals surface area contributed by atoms with E-state index in [0.29, 0.717) is 16.7 Å². The third-order valence-electron chi connectivity index (χ3n) is 2.16. The number of benzene rings is 1. The smallest absolute Gasteiger partial charge is 0.259 e. The Labute approximate surface area is 112 Å². The van der Waals surface area contributed by atoms with Crippen LogP contribution in [0, 0.1) is 0 Å². The van der Waals surface area contributed by atoms with Crippen LogP contribution in [0.25, 0.3) is 11.5 Å². The molecule has 0 saturated heterocycles. The number of hydrogen-bond acceptors (Lipinski definition) is 4. The molecule has 17 heavy (non-hydrogen) atoms. The molecular formula is C11H11BrClN3O. The highest BCUT2D eigenvalue weighted by molar-refractivity contribution is 9.10. The summed E-state index contributed by atoms with van der Waals surface area (Å²) < 4.78 is 5.98. The molecule has 4 nitrogen and oxygen atoms in total. The SMILES string of the molecule is CC(C)(N)c1noc(-c2ccc(Cl)cc2Br)n1. The van der Waals surface area contributed by atoms with E-state index in [2.05, 4.69) is 26.1 Å². The average molecular weight is 317 g/mol. The van der Waals surface area contributed by atoms with E-state index < -0.39 is 5.54 Å². The predicted molar refractivity (Wildman–Crippen MR) is 69.7 cm³/mol. The zero-order valence-electron chi connectivity index (χ0n) is 9.37. The molecule has 0 fully saturated rings. The van der Waals surface area contributed by atoms with Gasteiger partial charge in [-0.05, 0) is 48.0 Å². The van der Waals surface area contributed by atoms with Crippen molar-refractivity contribution in [1.29, 1.82) is 0 Å². The molecule has 0 radical (unpaired) electrons. The molecule has 0 aliphatic heterocycles. The van der Waals surface area contributed by atoms with Crippen molar-refractivity contribution < 1.29 is 4.52 Å². The fraction of sp³-hybridized carbons (Fsp3) is 0.273. The van der Waals surface area contributed by atoms with Crippen molar-refractivity contribution in [2.75, 3.05) is 0 Å². The van der Waals surface area contributed by atoms with Crippen molar-refractivity contribution in [3.63, 3.8) is 0 Å². The Morgan fingerprint density at radius 3 is 2.65 bits per heavy atom. The number of halogens is 2. The fourth-order valence-electron chi connectivity index (χ4n) is 1.26. The molecule has 0 amide bonds. The normalized spacial score (nSPS) is 11.8. The van der Waals surface area contributed by atoms with Crippen molar-refractivity contribution >= 4 is 27.5 Å². The third-order valence-corrected chi connectivity index (χ3v) is 3.06. The van der Waals surface area contributed by atoms with Gasteiger partial charge in [0.15, 0.2) is 5.82 Å². The predicted octanol–water partition coefficient (Wildman–Crippen LogP) is 3.35. The summed E-state index contributed by atoms with van der Waals surface area (Å²) in [5.74, 6) is 0.886. The summed E-state index contributed by atoms with van der Waals surface area (Å²) in [6, 6.07) is 5.35. The Hall–Kier alpha value is -0.910. The van der Waals surface area contributed by atoms with E-state index in [1.165, 1.54) is 0 Å². The highest BCUT2D eigenvalue weighted by Gasteiger charge is 2.22. The summed E-state index contributed by atoms with van der Waals surface area (Å²) in [5, 5.41) is 4.50. The number of hydrogen-bond donors (Lipinski definition) is 1. The van der Waals surface area contributed by atoms with Gasteiger partial charge in [-0.1, -0.05) is 16.8 Å². The monoisotopic (exact) mass is 315 g/mol. The average Bonchev–Trinajstić information content (AvgIpc) is 2.65.